The number of nitrogens with zero attached hydrogens (tertiary/aromatic N) is 2. The van der Waals surface area contributed by atoms with E-state index in [0.29, 0.717) is 23.6 Å². The van der Waals surface area contributed by atoms with Gasteiger partial charge in [0.1, 0.15) is 17.2 Å². The van der Waals surface area contributed by atoms with Crippen LogP contribution < -0.4 is 14.2 Å². The van der Waals surface area contributed by atoms with E-state index in [1.807, 2.05) is 66.7 Å². The van der Waals surface area contributed by atoms with E-state index in [1.165, 1.54) is 25.7 Å². The number of carbonyl (C=O) groups is 1. The molecule has 0 N–H and O–H groups in total. The molecular weight excluding hydrogens is 500 g/mol. The summed E-state index contributed by atoms with van der Waals surface area (Å²) in [7, 11) is 0. The zero-order valence-electron chi connectivity index (χ0n) is 23.5. The minimum Gasteiger partial charge on any atom is -0.494 e. The van der Waals surface area contributed by atoms with Gasteiger partial charge in [0, 0.05) is 10.8 Å². The fourth-order valence-electron chi connectivity index (χ4n) is 4.26. The minimum absolute atomic E-state index is 0.425. The molecule has 6 heteroatoms. The highest BCUT2D eigenvalue weighted by molar-refractivity contribution is 5.99. The number of hydrogen-bond acceptors (Lipinski definition) is 6. The van der Waals surface area contributed by atoms with Gasteiger partial charge in [-0.05, 0) is 73.5 Å². The third-order valence-electron chi connectivity index (χ3n) is 6.55. The molecule has 0 aliphatic heterocycles. The summed E-state index contributed by atoms with van der Waals surface area (Å²) < 4.78 is 17.3. The molecule has 40 heavy (non-hydrogen) atoms. The Hall–Kier alpha value is -4.19. The van der Waals surface area contributed by atoms with Crippen LogP contribution in [0.2, 0.25) is 0 Å². The Labute approximate surface area is 237 Å². The second-order valence-electron chi connectivity index (χ2n) is 9.70. The number of carbonyl (C=O) groups excluding carboxylic acids is 1. The van der Waals surface area contributed by atoms with Crippen molar-refractivity contribution >= 4 is 28.1 Å². The normalized spacial score (nSPS) is 11.2. The van der Waals surface area contributed by atoms with Crippen molar-refractivity contribution in [2.45, 2.75) is 58.8 Å². The first-order chi connectivity index (χ1) is 19.7. The van der Waals surface area contributed by atoms with E-state index < -0.39 is 5.97 Å². The lowest BCUT2D eigenvalue weighted by Gasteiger charge is -2.10. The second kappa shape index (κ2) is 15.4. The summed E-state index contributed by atoms with van der Waals surface area (Å²) in [5.74, 6) is 1.63. The molecule has 0 saturated carbocycles. The third kappa shape index (κ3) is 8.40. The lowest BCUT2D eigenvalue weighted by atomic mass is 10.1. The zero-order valence-corrected chi connectivity index (χ0v) is 23.5. The van der Waals surface area contributed by atoms with Crippen molar-refractivity contribution in [2.75, 3.05) is 13.2 Å². The smallest absolute Gasteiger partial charge is 0.343 e. The molecule has 0 aliphatic carbocycles. The van der Waals surface area contributed by atoms with Crippen LogP contribution in [0.1, 0.15) is 69.2 Å². The molecule has 0 heterocycles. The van der Waals surface area contributed by atoms with Crippen LogP contribution in [0.15, 0.2) is 95.2 Å². The van der Waals surface area contributed by atoms with Gasteiger partial charge in [-0.1, -0.05) is 70.2 Å². The summed E-state index contributed by atoms with van der Waals surface area (Å²) in [6.45, 7) is 5.76. The van der Waals surface area contributed by atoms with Crippen LogP contribution in [-0.2, 0) is 0 Å². The number of unbranched alkanes of at least 4 members (excludes halogenated alkanes) is 5. The molecule has 0 saturated heterocycles. The summed E-state index contributed by atoms with van der Waals surface area (Å²) in [4.78, 5) is 12.9. The Kier molecular flexibility index (Phi) is 11.1. The standard InChI is InChI=1S/C34H38N2O4/c1-3-5-7-11-25-39-28-18-14-26(15-19-28)34(37)40-33-23-22-32(30-12-8-9-13-31(30)33)36-35-27-16-20-29(21-17-27)38-24-10-6-4-2/h8-9,12-23H,3-7,10-11,24-25H2,1-2H3. The minimum atomic E-state index is -0.425. The molecule has 4 aromatic carbocycles. The Morgan fingerprint density at radius 3 is 1.90 bits per heavy atom. The number of fused-ring (bicyclic) bond motifs is 1. The fraction of sp³-hybridized carbons (Fsp3) is 0.324. The highest BCUT2D eigenvalue weighted by Crippen LogP contribution is 2.35. The summed E-state index contributed by atoms with van der Waals surface area (Å²) in [5.41, 5.74) is 1.88. The number of hydrogen-bond donors (Lipinski definition) is 0. The maximum absolute atomic E-state index is 12.9. The van der Waals surface area contributed by atoms with Crippen molar-refractivity contribution < 1.29 is 19.0 Å². The highest BCUT2D eigenvalue weighted by atomic mass is 16.5. The van der Waals surface area contributed by atoms with E-state index in [1.54, 1.807) is 18.2 Å². The zero-order chi connectivity index (χ0) is 28.0. The molecule has 0 spiro atoms. The average molecular weight is 539 g/mol. The molecule has 0 aromatic heterocycles. The maximum atomic E-state index is 12.9. The van der Waals surface area contributed by atoms with Gasteiger partial charge in [-0.15, -0.1) is 5.11 Å². The first kappa shape index (κ1) is 28.8. The lowest BCUT2D eigenvalue weighted by Crippen LogP contribution is -2.08. The number of azo groups is 1. The van der Waals surface area contributed by atoms with Gasteiger partial charge in [0.05, 0.1) is 30.2 Å². The first-order valence-electron chi connectivity index (χ1n) is 14.3. The van der Waals surface area contributed by atoms with E-state index >= 15 is 0 Å². The number of ether oxygens (including phenoxy) is 3. The predicted molar refractivity (Wildman–Crippen MR) is 161 cm³/mol. The van der Waals surface area contributed by atoms with E-state index in [0.717, 1.165) is 53.8 Å². The monoisotopic (exact) mass is 538 g/mol. The Morgan fingerprint density at radius 1 is 0.625 bits per heavy atom. The summed E-state index contributed by atoms with van der Waals surface area (Å²) in [5, 5.41) is 10.5. The molecule has 0 amide bonds. The molecular formula is C34H38N2O4. The topological polar surface area (TPSA) is 69.5 Å². The van der Waals surface area contributed by atoms with Gasteiger partial charge in [-0.3, -0.25) is 0 Å². The number of esters is 1. The van der Waals surface area contributed by atoms with Gasteiger partial charge in [-0.2, -0.15) is 5.11 Å². The van der Waals surface area contributed by atoms with Crippen LogP contribution >= 0.6 is 0 Å². The highest BCUT2D eigenvalue weighted by Gasteiger charge is 2.13. The van der Waals surface area contributed by atoms with Crippen molar-refractivity contribution in [1.29, 1.82) is 0 Å². The van der Waals surface area contributed by atoms with Crippen molar-refractivity contribution in [3.8, 4) is 17.2 Å². The summed E-state index contributed by atoms with van der Waals surface area (Å²) in [6.07, 6.45) is 8.00. The number of rotatable bonds is 15. The molecule has 0 radical (unpaired) electrons. The SMILES string of the molecule is CCCCCCOc1ccc(C(=O)Oc2ccc(N=Nc3ccc(OCCCCC)cc3)c3ccccc23)cc1. The molecule has 6 nitrogen and oxygen atoms in total. The van der Waals surface area contributed by atoms with Gasteiger partial charge in [-0.25, -0.2) is 4.79 Å². The third-order valence-corrected chi connectivity index (χ3v) is 6.55. The van der Waals surface area contributed by atoms with Crippen molar-refractivity contribution in [2.24, 2.45) is 10.2 Å². The molecule has 208 valence electrons. The van der Waals surface area contributed by atoms with Crippen molar-refractivity contribution in [3.63, 3.8) is 0 Å². The van der Waals surface area contributed by atoms with E-state index in [9.17, 15) is 4.79 Å². The van der Waals surface area contributed by atoms with Gasteiger partial charge in [0.25, 0.3) is 0 Å². The molecule has 4 rings (SSSR count). The fourth-order valence-corrected chi connectivity index (χ4v) is 4.26. The largest absolute Gasteiger partial charge is 0.494 e. The van der Waals surface area contributed by atoms with Crippen LogP contribution in [0, 0.1) is 0 Å². The average Bonchev–Trinajstić information content (AvgIpc) is 3.00. The lowest BCUT2D eigenvalue weighted by molar-refractivity contribution is 0.0737. The van der Waals surface area contributed by atoms with Crippen LogP contribution in [0.4, 0.5) is 11.4 Å². The molecule has 0 bridgehead atoms. The van der Waals surface area contributed by atoms with Crippen LogP contribution in [0.3, 0.4) is 0 Å². The molecule has 4 aromatic rings. The van der Waals surface area contributed by atoms with Gasteiger partial charge in [0.15, 0.2) is 0 Å². The first-order valence-corrected chi connectivity index (χ1v) is 14.3. The van der Waals surface area contributed by atoms with Gasteiger partial charge in [0.2, 0.25) is 0 Å². The maximum Gasteiger partial charge on any atom is 0.343 e. The van der Waals surface area contributed by atoms with Crippen LogP contribution in [0.5, 0.6) is 17.2 Å². The second-order valence-corrected chi connectivity index (χ2v) is 9.70. The van der Waals surface area contributed by atoms with Crippen LogP contribution in [0.25, 0.3) is 10.8 Å². The molecule has 0 aliphatic rings. The molecule has 0 atom stereocenters. The van der Waals surface area contributed by atoms with Crippen molar-refractivity contribution in [3.05, 3.63) is 90.5 Å². The van der Waals surface area contributed by atoms with E-state index in [4.69, 9.17) is 14.2 Å². The van der Waals surface area contributed by atoms with E-state index in [-0.39, 0.29) is 0 Å². The predicted octanol–water partition coefficient (Wildman–Crippen LogP) is 10.0. The van der Waals surface area contributed by atoms with Gasteiger partial charge < -0.3 is 14.2 Å². The molecule has 0 unspecified atom stereocenters. The number of benzene rings is 4. The summed E-state index contributed by atoms with van der Waals surface area (Å²) in [6, 6.07) is 26.0. The van der Waals surface area contributed by atoms with Crippen molar-refractivity contribution in [1.82, 2.24) is 0 Å². The summed E-state index contributed by atoms with van der Waals surface area (Å²) >= 11 is 0. The van der Waals surface area contributed by atoms with Gasteiger partial charge >= 0.3 is 5.97 Å². The molecule has 0 fully saturated rings. The Bertz CT molecular complexity index is 1380. The quantitative estimate of drug-likeness (QED) is 0.0653. The van der Waals surface area contributed by atoms with E-state index in [2.05, 4.69) is 24.1 Å². The Balaban J connectivity index is 1.40. The van der Waals surface area contributed by atoms with Crippen LogP contribution in [-0.4, -0.2) is 19.2 Å². The Morgan fingerprint density at radius 2 is 1.23 bits per heavy atom.